The zero-order valence-corrected chi connectivity index (χ0v) is 35.7. The van der Waals surface area contributed by atoms with Gasteiger partial charge in [-0.25, -0.2) is 0 Å². The Hall–Kier alpha value is -1.02. The van der Waals surface area contributed by atoms with Crippen LogP contribution in [0, 0.1) is 0 Å². The smallest absolute Gasteiger partial charge is 0.268 e. The number of rotatable bonds is 39. The number of amides is 1. The highest BCUT2D eigenvalue weighted by molar-refractivity contribution is 7.45. The quantitative estimate of drug-likeness (QED) is 0.0280. The molecule has 0 saturated heterocycles. The zero-order valence-electron chi connectivity index (χ0n) is 34.8. The summed E-state index contributed by atoms with van der Waals surface area (Å²) >= 11 is 0. The maximum absolute atomic E-state index is 12.8. The number of aliphatic hydroxyl groups is 1. The third kappa shape index (κ3) is 37.3. The van der Waals surface area contributed by atoms with Gasteiger partial charge >= 0.3 is 0 Å². The maximum Gasteiger partial charge on any atom is 0.268 e. The van der Waals surface area contributed by atoms with E-state index in [0.717, 1.165) is 51.4 Å². The summed E-state index contributed by atoms with van der Waals surface area (Å²) in [4.78, 5) is 25.3. The molecule has 0 aliphatic heterocycles. The Kier molecular flexibility index (Phi) is 35.0. The first-order valence-electron chi connectivity index (χ1n) is 21.7. The van der Waals surface area contributed by atoms with Crippen LogP contribution in [0.1, 0.15) is 194 Å². The standard InChI is InChI=1S/C43H85N2O6P/c1-6-8-10-12-14-16-18-20-22-24-26-28-30-32-34-36-42(46)41(40-51-52(48,49)50-39-38-45(3,4)5)44-43(47)37-35-33-31-29-27-25-23-21-19-17-15-13-11-9-7-2/h15,17,19,21,41-42,46H,6-14,16,18,20,22-40H2,1-5H3,(H-,44,47,48,49)/b17-15-,21-19-. The molecule has 2 N–H and O–H groups in total. The molecule has 0 aromatic carbocycles. The van der Waals surface area contributed by atoms with Gasteiger partial charge in [-0.15, -0.1) is 0 Å². The third-order valence-corrected chi connectivity index (χ3v) is 10.7. The molecule has 3 atom stereocenters. The van der Waals surface area contributed by atoms with Gasteiger partial charge < -0.3 is 28.8 Å². The first-order chi connectivity index (χ1) is 25.0. The number of carbonyl (C=O) groups is 1. The highest BCUT2D eigenvalue weighted by Crippen LogP contribution is 2.38. The number of aliphatic hydroxyl groups excluding tert-OH is 1. The molecule has 0 aliphatic rings. The largest absolute Gasteiger partial charge is 0.756 e. The van der Waals surface area contributed by atoms with Crippen LogP contribution >= 0.6 is 7.82 Å². The van der Waals surface area contributed by atoms with Gasteiger partial charge in [-0.1, -0.05) is 173 Å². The fraction of sp³-hybridized carbons (Fsp3) is 0.884. The van der Waals surface area contributed by atoms with Gasteiger partial charge in [0, 0.05) is 6.42 Å². The summed E-state index contributed by atoms with van der Waals surface area (Å²) in [5.74, 6) is -0.177. The fourth-order valence-corrected chi connectivity index (χ4v) is 6.93. The minimum Gasteiger partial charge on any atom is -0.756 e. The van der Waals surface area contributed by atoms with Gasteiger partial charge in [0.1, 0.15) is 13.2 Å². The van der Waals surface area contributed by atoms with Gasteiger partial charge in [-0.05, 0) is 38.5 Å². The van der Waals surface area contributed by atoms with Crippen molar-refractivity contribution >= 4 is 13.7 Å². The molecule has 9 heteroatoms. The number of likely N-dealkylation sites (N-methyl/N-ethyl adjacent to an activating group) is 1. The van der Waals surface area contributed by atoms with Crippen molar-refractivity contribution in [3.63, 3.8) is 0 Å². The lowest BCUT2D eigenvalue weighted by Gasteiger charge is -2.30. The topological polar surface area (TPSA) is 108 Å². The molecule has 0 aromatic rings. The predicted octanol–water partition coefficient (Wildman–Crippen LogP) is 11.1. The molecule has 0 aromatic heterocycles. The Balaban J connectivity index is 4.41. The number of carbonyl (C=O) groups excluding carboxylic acids is 1. The van der Waals surface area contributed by atoms with E-state index in [-0.39, 0.29) is 19.1 Å². The van der Waals surface area contributed by atoms with Crippen LogP contribution in [0.15, 0.2) is 24.3 Å². The Morgan fingerprint density at radius 1 is 0.673 bits per heavy atom. The average Bonchev–Trinajstić information content (AvgIpc) is 3.09. The lowest BCUT2D eigenvalue weighted by molar-refractivity contribution is -0.870. The summed E-state index contributed by atoms with van der Waals surface area (Å²) in [5.41, 5.74) is 0. The van der Waals surface area contributed by atoms with Crippen molar-refractivity contribution in [1.29, 1.82) is 0 Å². The number of phosphoric acid groups is 1. The molecule has 52 heavy (non-hydrogen) atoms. The number of allylic oxidation sites excluding steroid dienone is 4. The molecule has 3 unspecified atom stereocenters. The number of nitrogens with zero attached hydrogens (tertiary/aromatic N) is 1. The second-order valence-corrected chi connectivity index (χ2v) is 17.5. The van der Waals surface area contributed by atoms with Crippen molar-refractivity contribution in [2.24, 2.45) is 0 Å². The van der Waals surface area contributed by atoms with Gasteiger partial charge in [-0.2, -0.15) is 0 Å². The van der Waals surface area contributed by atoms with E-state index in [1.807, 2.05) is 21.1 Å². The fourth-order valence-electron chi connectivity index (χ4n) is 6.21. The number of nitrogens with one attached hydrogen (secondary N) is 1. The second-order valence-electron chi connectivity index (χ2n) is 16.1. The van der Waals surface area contributed by atoms with E-state index in [4.69, 9.17) is 9.05 Å². The maximum atomic E-state index is 12.8. The lowest BCUT2D eigenvalue weighted by Crippen LogP contribution is -2.46. The van der Waals surface area contributed by atoms with E-state index >= 15 is 0 Å². The molecule has 0 spiro atoms. The minimum atomic E-state index is -4.56. The van der Waals surface area contributed by atoms with Crippen LogP contribution in [0.4, 0.5) is 0 Å². The summed E-state index contributed by atoms with van der Waals surface area (Å²) in [7, 11) is 1.30. The van der Waals surface area contributed by atoms with Crippen molar-refractivity contribution in [3.8, 4) is 0 Å². The van der Waals surface area contributed by atoms with Gasteiger partial charge in [0.2, 0.25) is 5.91 Å². The zero-order chi connectivity index (χ0) is 38.6. The molecular formula is C43H85N2O6P. The highest BCUT2D eigenvalue weighted by atomic mass is 31.2. The summed E-state index contributed by atoms with van der Waals surface area (Å²) in [6.45, 7) is 4.68. The molecule has 0 radical (unpaired) electrons. The van der Waals surface area contributed by atoms with Crippen LogP contribution in [0.3, 0.4) is 0 Å². The van der Waals surface area contributed by atoms with Crippen molar-refractivity contribution in [2.45, 2.75) is 206 Å². The molecule has 0 fully saturated rings. The molecule has 0 saturated carbocycles. The van der Waals surface area contributed by atoms with E-state index in [2.05, 4.69) is 43.5 Å². The first-order valence-corrected chi connectivity index (χ1v) is 23.2. The Labute approximate surface area is 322 Å². The molecule has 0 heterocycles. The van der Waals surface area contributed by atoms with E-state index in [1.165, 1.54) is 116 Å². The van der Waals surface area contributed by atoms with Crippen molar-refractivity contribution in [2.75, 3.05) is 40.9 Å². The second kappa shape index (κ2) is 35.7. The Morgan fingerprint density at radius 2 is 1.10 bits per heavy atom. The lowest BCUT2D eigenvalue weighted by atomic mass is 10.0. The van der Waals surface area contributed by atoms with Crippen LogP contribution in [0.2, 0.25) is 0 Å². The highest BCUT2D eigenvalue weighted by Gasteiger charge is 2.24. The number of hydrogen-bond acceptors (Lipinski definition) is 6. The normalized spacial score (nSPS) is 14.7. The molecule has 0 bridgehead atoms. The van der Waals surface area contributed by atoms with Crippen molar-refractivity contribution < 1.29 is 32.9 Å². The number of phosphoric ester groups is 1. The van der Waals surface area contributed by atoms with Crippen LogP contribution in [0.25, 0.3) is 0 Å². The van der Waals surface area contributed by atoms with Gasteiger partial charge in [0.25, 0.3) is 7.82 Å². The summed E-state index contributed by atoms with van der Waals surface area (Å²) < 4.78 is 23.2. The molecular weight excluding hydrogens is 671 g/mol. The van der Waals surface area contributed by atoms with Gasteiger partial charge in [0.05, 0.1) is 39.9 Å². The molecule has 308 valence electrons. The number of hydrogen-bond donors (Lipinski definition) is 2. The van der Waals surface area contributed by atoms with Crippen LogP contribution < -0.4 is 10.2 Å². The first kappa shape index (κ1) is 51.0. The molecule has 8 nitrogen and oxygen atoms in total. The minimum absolute atomic E-state index is 0.0101. The van der Waals surface area contributed by atoms with E-state index in [0.29, 0.717) is 23.9 Å². The van der Waals surface area contributed by atoms with Crippen LogP contribution in [-0.2, 0) is 18.4 Å². The third-order valence-electron chi connectivity index (χ3n) is 9.72. The average molecular weight is 757 g/mol. The molecule has 1 amide bonds. The SMILES string of the molecule is CCCCC/C=C\C=C/CCCCCCCCC(=O)NC(COP(=O)([O-])OCC[N+](C)(C)C)C(O)CCCCCCCCCCCCCCCCC. The van der Waals surface area contributed by atoms with Gasteiger partial charge in [-0.3, -0.25) is 9.36 Å². The number of unbranched alkanes of at least 4 members (excludes halogenated alkanes) is 23. The van der Waals surface area contributed by atoms with E-state index in [1.54, 1.807) is 0 Å². The van der Waals surface area contributed by atoms with Crippen molar-refractivity contribution in [3.05, 3.63) is 24.3 Å². The monoisotopic (exact) mass is 757 g/mol. The summed E-state index contributed by atoms with van der Waals surface area (Å²) in [6, 6.07) is -0.803. The van der Waals surface area contributed by atoms with Crippen molar-refractivity contribution in [1.82, 2.24) is 5.32 Å². The summed E-state index contributed by atoms with van der Waals surface area (Å²) in [5, 5.41) is 13.9. The van der Waals surface area contributed by atoms with Gasteiger partial charge in [0.15, 0.2) is 0 Å². The number of quaternary nitrogens is 1. The van der Waals surface area contributed by atoms with E-state index in [9.17, 15) is 19.4 Å². The molecule has 0 aliphatic carbocycles. The van der Waals surface area contributed by atoms with E-state index < -0.39 is 20.0 Å². The van der Waals surface area contributed by atoms with Crippen LogP contribution in [0.5, 0.6) is 0 Å². The predicted molar refractivity (Wildman–Crippen MR) is 219 cm³/mol. The summed E-state index contributed by atoms with van der Waals surface area (Å²) in [6.07, 6.45) is 40.3. The van der Waals surface area contributed by atoms with Crippen LogP contribution in [-0.4, -0.2) is 68.5 Å². The molecule has 0 rings (SSSR count). The Bertz CT molecular complexity index is 907. The Morgan fingerprint density at radius 3 is 1.60 bits per heavy atom.